The number of carbonyl (C=O) groups excluding carboxylic acids is 2. The standard InChI is InChI=1S/C18H14N4O3/c23-15-10-25-14-5-1-3-11(16(14)22-15)9-21-18(24)17-12-4-2-7-19-13(12)6-8-20-17/h1-8H,9-10H2,(H,21,24)(H,22,23). The van der Waals surface area contributed by atoms with Gasteiger partial charge in [-0.3, -0.25) is 19.6 Å². The molecule has 1 aromatic carbocycles. The van der Waals surface area contributed by atoms with Crippen molar-refractivity contribution in [2.24, 2.45) is 0 Å². The highest BCUT2D eigenvalue weighted by Gasteiger charge is 2.19. The highest BCUT2D eigenvalue weighted by Crippen LogP contribution is 2.31. The van der Waals surface area contributed by atoms with Crippen LogP contribution in [-0.4, -0.2) is 28.4 Å². The van der Waals surface area contributed by atoms with Crippen LogP contribution in [0.25, 0.3) is 10.9 Å². The fourth-order valence-electron chi connectivity index (χ4n) is 2.75. The highest BCUT2D eigenvalue weighted by molar-refractivity contribution is 6.04. The maximum Gasteiger partial charge on any atom is 0.270 e. The molecule has 0 spiro atoms. The van der Waals surface area contributed by atoms with Gasteiger partial charge in [-0.05, 0) is 29.8 Å². The third-order valence-electron chi connectivity index (χ3n) is 3.92. The molecule has 25 heavy (non-hydrogen) atoms. The summed E-state index contributed by atoms with van der Waals surface area (Å²) in [4.78, 5) is 32.5. The van der Waals surface area contributed by atoms with Gasteiger partial charge >= 0.3 is 0 Å². The number of aromatic nitrogens is 2. The van der Waals surface area contributed by atoms with Crippen molar-refractivity contribution in [2.45, 2.75) is 6.54 Å². The van der Waals surface area contributed by atoms with Crippen molar-refractivity contribution in [3.05, 3.63) is 60.0 Å². The Morgan fingerprint density at radius 2 is 2.08 bits per heavy atom. The van der Waals surface area contributed by atoms with Gasteiger partial charge in [-0.15, -0.1) is 0 Å². The number of benzene rings is 1. The maximum absolute atomic E-state index is 12.5. The first-order chi connectivity index (χ1) is 12.2. The van der Waals surface area contributed by atoms with E-state index in [0.29, 0.717) is 28.0 Å². The Hall–Kier alpha value is -3.48. The van der Waals surface area contributed by atoms with Gasteiger partial charge in [0.25, 0.3) is 11.8 Å². The average Bonchev–Trinajstić information content (AvgIpc) is 2.65. The van der Waals surface area contributed by atoms with Crippen LogP contribution >= 0.6 is 0 Å². The minimum absolute atomic E-state index is 0.00423. The van der Waals surface area contributed by atoms with Gasteiger partial charge in [0.1, 0.15) is 11.4 Å². The summed E-state index contributed by atoms with van der Waals surface area (Å²) in [6.45, 7) is 0.236. The quantitative estimate of drug-likeness (QED) is 0.763. The van der Waals surface area contributed by atoms with E-state index in [1.165, 1.54) is 0 Å². The zero-order chi connectivity index (χ0) is 17.2. The zero-order valence-corrected chi connectivity index (χ0v) is 13.2. The number of amides is 2. The van der Waals surface area contributed by atoms with E-state index in [1.807, 2.05) is 18.2 Å². The fourth-order valence-corrected chi connectivity index (χ4v) is 2.75. The monoisotopic (exact) mass is 334 g/mol. The predicted molar refractivity (Wildman–Crippen MR) is 91.3 cm³/mol. The number of para-hydroxylation sites is 1. The van der Waals surface area contributed by atoms with E-state index in [0.717, 1.165) is 5.56 Å². The first-order valence-electron chi connectivity index (χ1n) is 7.75. The summed E-state index contributed by atoms with van der Waals surface area (Å²) in [6.07, 6.45) is 3.23. The van der Waals surface area contributed by atoms with E-state index >= 15 is 0 Å². The minimum Gasteiger partial charge on any atom is -0.482 e. The van der Waals surface area contributed by atoms with Gasteiger partial charge in [0.15, 0.2) is 6.61 Å². The molecule has 0 fully saturated rings. The number of hydrogen-bond acceptors (Lipinski definition) is 5. The van der Waals surface area contributed by atoms with E-state index in [4.69, 9.17) is 4.74 Å². The van der Waals surface area contributed by atoms with Gasteiger partial charge in [0.05, 0.1) is 11.2 Å². The van der Waals surface area contributed by atoms with Crippen LogP contribution in [0.4, 0.5) is 5.69 Å². The Morgan fingerprint density at radius 3 is 3.00 bits per heavy atom. The molecule has 4 rings (SSSR count). The zero-order valence-electron chi connectivity index (χ0n) is 13.2. The molecule has 3 heterocycles. The molecule has 0 saturated carbocycles. The topological polar surface area (TPSA) is 93.2 Å². The number of pyridine rings is 2. The Balaban J connectivity index is 1.58. The van der Waals surface area contributed by atoms with Crippen LogP contribution < -0.4 is 15.4 Å². The van der Waals surface area contributed by atoms with Crippen molar-refractivity contribution in [1.82, 2.24) is 15.3 Å². The lowest BCUT2D eigenvalue weighted by molar-refractivity contribution is -0.118. The lowest BCUT2D eigenvalue weighted by Crippen LogP contribution is -2.28. The van der Waals surface area contributed by atoms with Gasteiger partial charge in [-0.1, -0.05) is 12.1 Å². The first-order valence-corrected chi connectivity index (χ1v) is 7.75. The summed E-state index contributed by atoms with van der Waals surface area (Å²) >= 11 is 0. The first kappa shape index (κ1) is 15.1. The normalized spacial score (nSPS) is 12.9. The molecule has 2 aromatic heterocycles. The molecule has 2 N–H and O–H groups in total. The van der Waals surface area contributed by atoms with Crippen LogP contribution in [0.1, 0.15) is 16.1 Å². The SMILES string of the molecule is O=C1COc2cccc(CNC(=O)c3nccc4ncccc34)c2N1. The summed E-state index contributed by atoms with van der Waals surface area (Å²) in [6, 6.07) is 10.7. The number of nitrogens with zero attached hydrogens (tertiary/aromatic N) is 2. The molecule has 3 aromatic rings. The number of carbonyl (C=O) groups is 2. The number of nitrogens with one attached hydrogen (secondary N) is 2. The van der Waals surface area contributed by atoms with Crippen molar-refractivity contribution < 1.29 is 14.3 Å². The van der Waals surface area contributed by atoms with Crippen molar-refractivity contribution >= 4 is 28.4 Å². The number of rotatable bonds is 3. The Morgan fingerprint density at radius 1 is 1.16 bits per heavy atom. The van der Waals surface area contributed by atoms with Crippen LogP contribution in [0, 0.1) is 0 Å². The van der Waals surface area contributed by atoms with E-state index in [-0.39, 0.29) is 25.0 Å². The van der Waals surface area contributed by atoms with Crippen molar-refractivity contribution in [3.8, 4) is 5.75 Å². The largest absolute Gasteiger partial charge is 0.482 e. The van der Waals surface area contributed by atoms with Gasteiger partial charge in [-0.2, -0.15) is 0 Å². The van der Waals surface area contributed by atoms with Gasteiger partial charge in [-0.25, -0.2) is 0 Å². The highest BCUT2D eigenvalue weighted by atomic mass is 16.5. The Bertz CT molecular complexity index is 982. The van der Waals surface area contributed by atoms with Crippen LogP contribution in [0.2, 0.25) is 0 Å². The molecule has 2 amide bonds. The second-order valence-corrected chi connectivity index (χ2v) is 5.54. The molecule has 1 aliphatic rings. The fraction of sp³-hybridized carbons (Fsp3) is 0.111. The Labute approximate surface area is 143 Å². The van der Waals surface area contributed by atoms with Crippen LogP contribution in [0.3, 0.4) is 0 Å². The second kappa shape index (κ2) is 6.20. The second-order valence-electron chi connectivity index (χ2n) is 5.54. The number of ether oxygens (including phenoxy) is 1. The molecule has 0 unspecified atom stereocenters. The summed E-state index contributed by atoms with van der Waals surface area (Å²) in [5, 5.41) is 6.31. The van der Waals surface area contributed by atoms with E-state index < -0.39 is 0 Å². The third-order valence-corrected chi connectivity index (χ3v) is 3.92. The molecular weight excluding hydrogens is 320 g/mol. The van der Waals surface area contributed by atoms with E-state index in [9.17, 15) is 9.59 Å². The van der Waals surface area contributed by atoms with Crippen molar-refractivity contribution in [2.75, 3.05) is 11.9 Å². The van der Waals surface area contributed by atoms with Gasteiger partial charge in [0.2, 0.25) is 0 Å². The summed E-state index contributed by atoms with van der Waals surface area (Å²) in [5.41, 5.74) is 2.37. The molecule has 124 valence electrons. The molecule has 0 saturated heterocycles. The van der Waals surface area contributed by atoms with Gasteiger partial charge < -0.3 is 15.4 Å². The lowest BCUT2D eigenvalue weighted by atomic mass is 10.1. The maximum atomic E-state index is 12.5. The van der Waals surface area contributed by atoms with Crippen LogP contribution in [0.5, 0.6) is 5.75 Å². The summed E-state index contributed by atoms with van der Waals surface area (Å²) < 4.78 is 5.38. The number of hydrogen-bond donors (Lipinski definition) is 2. The molecule has 0 atom stereocenters. The molecule has 1 aliphatic heterocycles. The van der Waals surface area contributed by atoms with Crippen molar-refractivity contribution in [3.63, 3.8) is 0 Å². The summed E-state index contributed by atoms with van der Waals surface area (Å²) in [5.74, 6) is 0.0752. The number of fused-ring (bicyclic) bond motifs is 2. The smallest absolute Gasteiger partial charge is 0.270 e. The Kier molecular flexibility index (Phi) is 3.74. The molecule has 0 bridgehead atoms. The summed E-state index contributed by atoms with van der Waals surface area (Å²) in [7, 11) is 0. The van der Waals surface area contributed by atoms with Crippen LogP contribution in [-0.2, 0) is 11.3 Å². The van der Waals surface area contributed by atoms with E-state index in [2.05, 4.69) is 20.6 Å². The third kappa shape index (κ3) is 2.87. The molecule has 0 radical (unpaired) electrons. The molecular formula is C18H14N4O3. The molecule has 0 aliphatic carbocycles. The van der Waals surface area contributed by atoms with E-state index in [1.54, 1.807) is 30.6 Å². The predicted octanol–water partition coefficient (Wildman–Crippen LogP) is 1.89. The van der Waals surface area contributed by atoms with Crippen molar-refractivity contribution in [1.29, 1.82) is 0 Å². The average molecular weight is 334 g/mol. The minimum atomic E-state index is -0.306. The molecule has 7 nitrogen and oxygen atoms in total. The number of anilines is 1. The lowest BCUT2D eigenvalue weighted by Gasteiger charge is -2.20. The molecule has 7 heteroatoms. The van der Waals surface area contributed by atoms with Gasteiger partial charge in [0, 0.05) is 24.3 Å². The van der Waals surface area contributed by atoms with Crippen LogP contribution in [0.15, 0.2) is 48.8 Å².